The number of allylic oxidation sites excluding steroid dienone is 1. The number of carbonyl (C=O) groups excluding carboxylic acids is 1. The number of nitro benzene ring substituents is 1. The second kappa shape index (κ2) is 9.29. The Morgan fingerprint density at radius 2 is 1.92 bits per heavy atom. The molecule has 0 fully saturated rings. The molecule has 1 amide bonds. The van der Waals surface area contributed by atoms with E-state index in [0.717, 1.165) is 5.56 Å². The number of para-hydroxylation sites is 1. The number of rotatable bonds is 6. The van der Waals surface area contributed by atoms with Gasteiger partial charge in [0, 0.05) is 23.5 Å². The third kappa shape index (κ3) is 4.13. The number of aromatic nitrogens is 4. The second-order valence-corrected chi connectivity index (χ2v) is 8.01. The van der Waals surface area contributed by atoms with Gasteiger partial charge in [0.1, 0.15) is 11.8 Å². The first-order chi connectivity index (χ1) is 17.5. The van der Waals surface area contributed by atoms with Gasteiger partial charge < -0.3 is 15.4 Å². The maximum absolute atomic E-state index is 13.5. The molecule has 4 aromatic rings. The third-order valence-electron chi connectivity index (χ3n) is 5.79. The average molecular weight is 483 g/mol. The highest BCUT2D eigenvalue weighted by Crippen LogP contribution is 2.40. The van der Waals surface area contributed by atoms with Crippen LogP contribution in [0.1, 0.15) is 18.5 Å². The van der Waals surface area contributed by atoms with Crippen molar-refractivity contribution in [2.24, 2.45) is 0 Å². The van der Waals surface area contributed by atoms with E-state index in [4.69, 9.17) is 4.74 Å². The molecule has 11 heteroatoms. The van der Waals surface area contributed by atoms with Crippen molar-refractivity contribution in [3.05, 3.63) is 100 Å². The number of ether oxygens (including phenoxy) is 1. The third-order valence-corrected chi connectivity index (χ3v) is 5.79. The van der Waals surface area contributed by atoms with Crippen molar-refractivity contribution >= 4 is 23.2 Å². The highest BCUT2D eigenvalue weighted by Gasteiger charge is 2.37. The molecule has 2 aromatic heterocycles. The molecular formula is C25H21N7O4. The minimum absolute atomic E-state index is 0.128. The van der Waals surface area contributed by atoms with Gasteiger partial charge in [-0.3, -0.25) is 19.9 Å². The first-order valence-electron chi connectivity index (χ1n) is 11.0. The van der Waals surface area contributed by atoms with Crippen LogP contribution in [-0.4, -0.2) is 37.7 Å². The van der Waals surface area contributed by atoms with E-state index in [2.05, 4.69) is 25.7 Å². The fourth-order valence-corrected chi connectivity index (χ4v) is 4.12. The molecule has 0 saturated carbocycles. The average Bonchev–Trinajstić information content (AvgIpc) is 3.32. The summed E-state index contributed by atoms with van der Waals surface area (Å²) in [7, 11) is 1.58. The second-order valence-electron chi connectivity index (χ2n) is 8.01. The highest BCUT2D eigenvalue weighted by atomic mass is 16.6. The SMILES string of the molecule is COc1ccc(-c2nc3n(n2)C(c2ccccc2[N+](=O)[O-])C(C(=O)Nc2cccnc2)=C(C)N3)cc1. The van der Waals surface area contributed by atoms with E-state index < -0.39 is 16.9 Å². The lowest BCUT2D eigenvalue weighted by Crippen LogP contribution is -2.32. The summed E-state index contributed by atoms with van der Waals surface area (Å²) in [5, 5.41) is 22.5. The maximum Gasteiger partial charge on any atom is 0.275 e. The van der Waals surface area contributed by atoms with Gasteiger partial charge in [-0.15, -0.1) is 5.10 Å². The molecule has 11 nitrogen and oxygen atoms in total. The van der Waals surface area contributed by atoms with Crippen molar-refractivity contribution in [2.45, 2.75) is 13.0 Å². The van der Waals surface area contributed by atoms with Crippen LogP contribution in [0.15, 0.2) is 84.3 Å². The number of methoxy groups -OCH3 is 1. The molecule has 0 bridgehead atoms. The number of benzene rings is 2. The maximum atomic E-state index is 13.5. The fraction of sp³-hybridized carbons (Fsp3) is 0.120. The number of amides is 1. The molecule has 1 aliphatic heterocycles. The minimum Gasteiger partial charge on any atom is -0.497 e. The summed E-state index contributed by atoms with van der Waals surface area (Å²) in [6.07, 6.45) is 3.12. The molecule has 2 aromatic carbocycles. The number of fused-ring (bicyclic) bond motifs is 1. The van der Waals surface area contributed by atoms with Crippen LogP contribution in [0.5, 0.6) is 5.75 Å². The Morgan fingerprint density at radius 3 is 2.61 bits per heavy atom. The van der Waals surface area contributed by atoms with E-state index in [1.807, 2.05) is 12.1 Å². The number of carbonyl (C=O) groups is 1. The molecular weight excluding hydrogens is 462 g/mol. The number of pyridine rings is 1. The molecule has 0 aliphatic carbocycles. The molecule has 0 spiro atoms. The van der Waals surface area contributed by atoms with Crippen LogP contribution >= 0.6 is 0 Å². The predicted molar refractivity (Wildman–Crippen MR) is 132 cm³/mol. The lowest BCUT2D eigenvalue weighted by molar-refractivity contribution is -0.385. The zero-order chi connectivity index (χ0) is 25.2. The van der Waals surface area contributed by atoms with E-state index in [1.54, 1.807) is 62.7 Å². The number of anilines is 2. The highest BCUT2D eigenvalue weighted by molar-refractivity contribution is 6.06. The normalized spacial score (nSPS) is 14.6. The van der Waals surface area contributed by atoms with Gasteiger partial charge in [0.15, 0.2) is 5.82 Å². The Hall–Kier alpha value is -5.06. The first-order valence-corrected chi connectivity index (χ1v) is 11.0. The monoisotopic (exact) mass is 483 g/mol. The Labute approximate surface area is 205 Å². The standard InChI is InChI=1S/C25H21N7O4/c1-15-21(24(33)28-17-6-5-13-26-14-17)22(19-7-3-4-8-20(19)32(34)35)31-25(27-15)29-23(30-31)16-9-11-18(36-2)12-10-16/h3-14,22H,1-2H3,(H,28,33)(H,27,29,30). The molecule has 1 aliphatic rings. The summed E-state index contributed by atoms with van der Waals surface area (Å²) in [5.74, 6) is 0.999. The first kappa shape index (κ1) is 22.7. The minimum atomic E-state index is -0.904. The van der Waals surface area contributed by atoms with Crippen LogP contribution in [-0.2, 0) is 4.79 Å². The number of nitrogens with one attached hydrogen (secondary N) is 2. The Kier molecular flexibility index (Phi) is 5.87. The zero-order valence-electron chi connectivity index (χ0n) is 19.4. The van der Waals surface area contributed by atoms with Crippen molar-refractivity contribution in [2.75, 3.05) is 17.7 Å². The largest absolute Gasteiger partial charge is 0.497 e. The molecule has 180 valence electrons. The summed E-state index contributed by atoms with van der Waals surface area (Å²) in [6.45, 7) is 1.73. The van der Waals surface area contributed by atoms with Crippen LogP contribution in [0.2, 0.25) is 0 Å². The van der Waals surface area contributed by atoms with E-state index in [0.29, 0.717) is 34.5 Å². The van der Waals surface area contributed by atoms with Crippen molar-refractivity contribution < 1.29 is 14.5 Å². The summed E-state index contributed by atoms with van der Waals surface area (Å²) >= 11 is 0. The van der Waals surface area contributed by atoms with E-state index in [9.17, 15) is 14.9 Å². The zero-order valence-corrected chi connectivity index (χ0v) is 19.4. The van der Waals surface area contributed by atoms with Crippen molar-refractivity contribution in [3.63, 3.8) is 0 Å². The van der Waals surface area contributed by atoms with Crippen molar-refractivity contribution in [1.82, 2.24) is 19.7 Å². The summed E-state index contributed by atoms with van der Waals surface area (Å²) < 4.78 is 6.73. The topological polar surface area (TPSA) is 137 Å². The molecule has 1 unspecified atom stereocenters. The number of hydrogen-bond donors (Lipinski definition) is 2. The lowest BCUT2D eigenvalue weighted by Gasteiger charge is -2.28. The smallest absolute Gasteiger partial charge is 0.275 e. The van der Waals surface area contributed by atoms with Gasteiger partial charge in [0.05, 0.1) is 35.1 Å². The van der Waals surface area contributed by atoms with Crippen LogP contribution in [0.4, 0.5) is 17.3 Å². The van der Waals surface area contributed by atoms with Gasteiger partial charge in [-0.25, -0.2) is 4.68 Å². The quantitative estimate of drug-likeness (QED) is 0.308. The van der Waals surface area contributed by atoms with E-state index >= 15 is 0 Å². The van der Waals surface area contributed by atoms with E-state index in [-0.39, 0.29) is 11.3 Å². The molecule has 5 rings (SSSR count). The van der Waals surface area contributed by atoms with Gasteiger partial charge >= 0.3 is 0 Å². The summed E-state index contributed by atoms with van der Waals surface area (Å²) in [6, 6.07) is 16.0. The number of hydrogen-bond acceptors (Lipinski definition) is 8. The van der Waals surface area contributed by atoms with Crippen molar-refractivity contribution in [3.8, 4) is 17.1 Å². The molecule has 1 atom stereocenters. The number of nitro groups is 1. The van der Waals surface area contributed by atoms with Crippen LogP contribution < -0.4 is 15.4 Å². The van der Waals surface area contributed by atoms with E-state index in [1.165, 1.54) is 16.9 Å². The van der Waals surface area contributed by atoms with Gasteiger partial charge in [0.25, 0.3) is 11.6 Å². The Balaban J connectivity index is 1.64. The van der Waals surface area contributed by atoms with Gasteiger partial charge in [-0.05, 0) is 49.4 Å². The lowest BCUT2D eigenvalue weighted by atomic mass is 9.93. The molecule has 36 heavy (non-hydrogen) atoms. The van der Waals surface area contributed by atoms with Crippen molar-refractivity contribution in [1.29, 1.82) is 0 Å². The molecule has 2 N–H and O–H groups in total. The van der Waals surface area contributed by atoms with Crippen LogP contribution in [0.3, 0.4) is 0 Å². The fourth-order valence-electron chi connectivity index (χ4n) is 4.12. The molecule has 3 heterocycles. The molecule has 0 radical (unpaired) electrons. The predicted octanol–water partition coefficient (Wildman–Crippen LogP) is 4.18. The Morgan fingerprint density at radius 1 is 1.14 bits per heavy atom. The van der Waals surface area contributed by atoms with Crippen LogP contribution in [0, 0.1) is 10.1 Å². The summed E-state index contributed by atoms with van der Waals surface area (Å²) in [4.78, 5) is 33.6. The summed E-state index contributed by atoms with van der Waals surface area (Å²) in [5.41, 5.74) is 2.17. The van der Waals surface area contributed by atoms with Gasteiger partial charge in [-0.1, -0.05) is 12.1 Å². The molecule has 0 saturated heterocycles. The van der Waals surface area contributed by atoms with Crippen LogP contribution in [0.25, 0.3) is 11.4 Å². The Bertz CT molecular complexity index is 1480. The van der Waals surface area contributed by atoms with Gasteiger partial charge in [-0.2, -0.15) is 4.98 Å². The number of nitrogens with zero attached hydrogens (tertiary/aromatic N) is 5. The van der Waals surface area contributed by atoms with Gasteiger partial charge in [0.2, 0.25) is 5.95 Å².